The molecule has 2 amide bonds. The van der Waals surface area contributed by atoms with Gasteiger partial charge >= 0.3 is 0 Å². The van der Waals surface area contributed by atoms with Crippen molar-refractivity contribution in [1.29, 1.82) is 0 Å². The van der Waals surface area contributed by atoms with Crippen LogP contribution in [-0.2, 0) is 12.8 Å². The molecular weight excluding hydrogens is 484 g/mol. The van der Waals surface area contributed by atoms with Crippen LogP contribution in [0.15, 0.2) is 72.8 Å². The lowest BCUT2D eigenvalue weighted by Gasteiger charge is -2.23. The third kappa shape index (κ3) is 4.38. The first kappa shape index (κ1) is 23.1. The molecule has 1 aliphatic heterocycles. The van der Waals surface area contributed by atoms with Crippen LogP contribution in [0.3, 0.4) is 0 Å². The van der Waals surface area contributed by atoms with E-state index in [9.17, 15) is 9.59 Å². The molecule has 0 bridgehead atoms. The lowest BCUT2D eigenvalue weighted by Crippen LogP contribution is -2.41. The molecule has 0 saturated heterocycles. The minimum absolute atomic E-state index is 0.219. The number of hydrogen-bond donors (Lipinski definition) is 2. The van der Waals surface area contributed by atoms with Gasteiger partial charge in [0.1, 0.15) is 5.01 Å². The van der Waals surface area contributed by atoms with Gasteiger partial charge < -0.3 is 5.32 Å². The van der Waals surface area contributed by atoms with Crippen LogP contribution in [0.2, 0.25) is 0 Å². The van der Waals surface area contributed by atoms with Crippen molar-refractivity contribution in [3.63, 3.8) is 0 Å². The fraction of sp³-hybridized carbons (Fsp3) is 0.179. The van der Waals surface area contributed by atoms with Crippen molar-refractivity contribution < 1.29 is 9.59 Å². The summed E-state index contributed by atoms with van der Waals surface area (Å²) in [5.41, 5.74) is 4.97. The smallest absolute Gasteiger partial charge is 0.261 e. The second-order valence-electron chi connectivity index (χ2n) is 9.00. The van der Waals surface area contributed by atoms with Crippen LogP contribution in [0, 0.1) is 0 Å². The van der Waals surface area contributed by atoms with E-state index in [4.69, 9.17) is 0 Å². The van der Waals surface area contributed by atoms with E-state index in [2.05, 4.69) is 38.7 Å². The molecule has 0 radical (unpaired) electrons. The zero-order valence-corrected chi connectivity index (χ0v) is 21.0. The number of aryl methyl sites for hydroxylation is 1. The number of nitrogens with zero attached hydrogens (tertiary/aromatic N) is 4. The number of carbonyl (C=O) groups excluding carboxylic acids is 2. The monoisotopic (exact) mass is 508 g/mol. The molecule has 184 valence electrons. The van der Waals surface area contributed by atoms with Crippen LogP contribution in [0.4, 0.5) is 5.13 Å². The van der Waals surface area contributed by atoms with Gasteiger partial charge in [-0.1, -0.05) is 60.7 Å². The number of benzene rings is 3. The van der Waals surface area contributed by atoms with Crippen LogP contribution in [0.1, 0.15) is 38.9 Å². The lowest BCUT2D eigenvalue weighted by molar-refractivity contribution is 0.0647. The summed E-state index contributed by atoms with van der Waals surface area (Å²) in [6, 6.07) is 22.8. The molecule has 3 aromatic carbocycles. The Morgan fingerprint density at radius 2 is 1.68 bits per heavy atom. The average Bonchev–Trinajstić information content (AvgIpc) is 3.63. The van der Waals surface area contributed by atoms with Gasteiger partial charge in [-0.2, -0.15) is 5.10 Å². The van der Waals surface area contributed by atoms with Gasteiger partial charge in [0.25, 0.3) is 11.8 Å². The van der Waals surface area contributed by atoms with E-state index < -0.39 is 0 Å². The fourth-order valence-electron chi connectivity index (χ4n) is 4.72. The number of fused-ring (bicyclic) bond motifs is 2. The van der Waals surface area contributed by atoms with Crippen molar-refractivity contribution in [3.05, 3.63) is 95.2 Å². The van der Waals surface area contributed by atoms with Gasteiger partial charge in [0.05, 0.1) is 22.7 Å². The molecule has 2 aromatic heterocycles. The van der Waals surface area contributed by atoms with Gasteiger partial charge in [0, 0.05) is 23.2 Å². The first-order valence-corrected chi connectivity index (χ1v) is 13.0. The van der Waals surface area contributed by atoms with E-state index in [0.717, 1.165) is 39.2 Å². The molecule has 8 nitrogen and oxygen atoms in total. The quantitative estimate of drug-likeness (QED) is 0.287. The summed E-state index contributed by atoms with van der Waals surface area (Å²) in [5, 5.41) is 22.2. The van der Waals surface area contributed by atoms with Crippen molar-refractivity contribution in [2.45, 2.75) is 25.8 Å². The molecule has 6 rings (SSSR count). The Balaban J connectivity index is 1.26. The maximum Gasteiger partial charge on any atom is 0.261 e. The highest BCUT2D eigenvalue weighted by molar-refractivity contribution is 7.18. The van der Waals surface area contributed by atoms with Crippen molar-refractivity contribution in [3.8, 4) is 10.6 Å². The van der Waals surface area contributed by atoms with E-state index in [1.807, 2.05) is 42.5 Å². The van der Waals surface area contributed by atoms with Crippen LogP contribution >= 0.6 is 11.3 Å². The number of aromatic nitrogens is 4. The number of anilines is 1. The molecule has 2 N–H and O–H groups in total. The molecule has 3 heterocycles. The van der Waals surface area contributed by atoms with Crippen molar-refractivity contribution in [1.82, 2.24) is 25.3 Å². The topological polar surface area (TPSA) is 104 Å². The Kier molecular flexibility index (Phi) is 5.97. The number of hydrogen-bond acceptors (Lipinski definition) is 7. The highest BCUT2D eigenvalue weighted by Crippen LogP contribution is 2.31. The summed E-state index contributed by atoms with van der Waals surface area (Å²) in [4.78, 5) is 27.4. The number of H-pyrrole nitrogens is 1. The Hall–Kier alpha value is -4.37. The molecule has 37 heavy (non-hydrogen) atoms. The lowest BCUT2D eigenvalue weighted by atomic mass is 10.1. The van der Waals surface area contributed by atoms with Crippen molar-refractivity contribution in [2.75, 3.05) is 11.9 Å². The number of imide groups is 1. The summed E-state index contributed by atoms with van der Waals surface area (Å²) >= 11 is 1.44. The van der Waals surface area contributed by atoms with E-state index >= 15 is 0 Å². The van der Waals surface area contributed by atoms with Crippen LogP contribution in [0.5, 0.6) is 0 Å². The van der Waals surface area contributed by atoms with Gasteiger partial charge in [-0.15, -0.1) is 10.2 Å². The maximum atomic E-state index is 13.0. The minimum atomic E-state index is -0.265. The molecular formula is C28H24N6O2S. The largest absolute Gasteiger partial charge is 0.355 e. The summed E-state index contributed by atoms with van der Waals surface area (Å²) in [6.07, 6.45) is 1.48. The second-order valence-corrected chi connectivity index (χ2v) is 9.98. The van der Waals surface area contributed by atoms with Gasteiger partial charge in [-0.05, 0) is 48.7 Å². The highest BCUT2D eigenvalue weighted by atomic mass is 32.1. The summed E-state index contributed by atoms with van der Waals surface area (Å²) < 4.78 is 0. The Labute approximate surface area is 217 Å². The first-order chi connectivity index (χ1) is 18.1. The molecule has 0 spiro atoms. The zero-order valence-electron chi connectivity index (χ0n) is 20.1. The van der Waals surface area contributed by atoms with E-state index in [-0.39, 0.29) is 24.4 Å². The van der Waals surface area contributed by atoms with Crippen LogP contribution < -0.4 is 5.32 Å². The normalized spacial score (nSPS) is 13.8. The fourth-order valence-corrected chi connectivity index (χ4v) is 5.54. The molecule has 9 heteroatoms. The molecule has 0 saturated carbocycles. The van der Waals surface area contributed by atoms with Gasteiger partial charge in [0.2, 0.25) is 5.13 Å². The zero-order chi connectivity index (χ0) is 25.4. The molecule has 1 aliphatic rings. The van der Waals surface area contributed by atoms with Gasteiger partial charge in [-0.3, -0.25) is 19.6 Å². The minimum Gasteiger partial charge on any atom is -0.355 e. The Bertz CT molecular complexity index is 1570. The van der Waals surface area contributed by atoms with Crippen molar-refractivity contribution in [2.24, 2.45) is 0 Å². The standard InChI is InChI=1S/C28H24N6O2S/c1-2-23-22-15-18(12-13-24(22)31-30-23)25-32-33-28(37-25)29-19(14-17-8-4-3-5-9-17)16-34-26(35)20-10-6-7-11-21(20)27(34)36/h3-13,15,19H,2,14,16H2,1H3,(H,29,33)(H,30,31)/t19-/m0/s1. The Morgan fingerprint density at radius 1 is 0.946 bits per heavy atom. The van der Waals surface area contributed by atoms with Gasteiger partial charge in [-0.25, -0.2) is 0 Å². The SMILES string of the molecule is CCc1[nH]nc2ccc(-c3nnc(N[C@@H](Cc4ccccc4)CN4C(=O)c5ccccc5C4=O)s3)cc12. The third-order valence-corrected chi connectivity index (χ3v) is 7.50. The third-order valence-electron chi connectivity index (χ3n) is 6.59. The first-order valence-electron chi connectivity index (χ1n) is 12.2. The molecule has 0 aliphatic carbocycles. The predicted molar refractivity (Wildman–Crippen MR) is 144 cm³/mol. The summed E-state index contributed by atoms with van der Waals surface area (Å²) in [5.74, 6) is -0.530. The highest BCUT2D eigenvalue weighted by Gasteiger charge is 2.36. The molecule has 0 unspecified atom stereocenters. The summed E-state index contributed by atoms with van der Waals surface area (Å²) in [6.45, 7) is 2.31. The van der Waals surface area contributed by atoms with Gasteiger partial charge in [0.15, 0.2) is 0 Å². The number of aromatic amines is 1. The van der Waals surface area contributed by atoms with E-state index in [1.54, 1.807) is 24.3 Å². The number of rotatable bonds is 8. The molecule has 0 fully saturated rings. The number of amides is 2. The number of carbonyl (C=O) groups is 2. The van der Waals surface area contributed by atoms with Crippen LogP contribution in [-0.4, -0.2) is 49.7 Å². The second kappa shape index (κ2) is 9.59. The predicted octanol–water partition coefficient (Wildman–Crippen LogP) is 4.96. The Morgan fingerprint density at radius 3 is 2.41 bits per heavy atom. The van der Waals surface area contributed by atoms with Crippen molar-refractivity contribution >= 4 is 39.2 Å². The van der Waals surface area contributed by atoms with E-state index in [0.29, 0.717) is 22.7 Å². The molecule has 5 aromatic rings. The van der Waals surface area contributed by atoms with Crippen LogP contribution in [0.25, 0.3) is 21.5 Å². The average molecular weight is 509 g/mol. The number of nitrogens with one attached hydrogen (secondary N) is 2. The molecule has 1 atom stereocenters. The van der Waals surface area contributed by atoms with E-state index in [1.165, 1.54) is 16.2 Å². The summed E-state index contributed by atoms with van der Waals surface area (Å²) in [7, 11) is 0. The maximum absolute atomic E-state index is 13.0.